The SMILES string of the molecule is Nc1ccc(CCCSCC2CCCO2)cc1. The maximum Gasteiger partial charge on any atom is 0.0666 e. The number of hydrogen-bond acceptors (Lipinski definition) is 3. The smallest absolute Gasteiger partial charge is 0.0666 e. The standard InChI is InChI=1S/C14H21NOS/c15-13-7-5-12(6-8-13)3-2-10-17-11-14-4-1-9-16-14/h5-8,14H,1-4,9-11,15H2. The third-order valence-corrected chi connectivity index (χ3v) is 4.25. The molecular formula is C14H21NOS. The van der Waals surface area contributed by atoms with E-state index in [0.29, 0.717) is 6.10 Å². The maximum atomic E-state index is 5.65. The van der Waals surface area contributed by atoms with Crippen LogP contribution in [0.25, 0.3) is 0 Å². The van der Waals surface area contributed by atoms with Crippen molar-refractivity contribution in [2.45, 2.75) is 31.8 Å². The van der Waals surface area contributed by atoms with Gasteiger partial charge in [-0.1, -0.05) is 12.1 Å². The number of ether oxygens (including phenoxy) is 1. The molecule has 0 spiro atoms. The van der Waals surface area contributed by atoms with Gasteiger partial charge >= 0.3 is 0 Å². The predicted molar refractivity (Wildman–Crippen MR) is 75.5 cm³/mol. The summed E-state index contributed by atoms with van der Waals surface area (Å²) in [6.07, 6.45) is 5.42. The molecule has 1 unspecified atom stereocenters. The second kappa shape index (κ2) is 6.92. The monoisotopic (exact) mass is 251 g/mol. The third kappa shape index (κ3) is 4.60. The summed E-state index contributed by atoms with van der Waals surface area (Å²) in [5, 5.41) is 0. The van der Waals surface area contributed by atoms with Crippen LogP contribution >= 0.6 is 11.8 Å². The van der Waals surface area contributed by atoms with Crippen LogP contribution in [0.2, 0.25) is 0 Å². The molecule has 2 N–H and O–H groups in total. The summed E-state index contributed by atoms with van der Waals surface area (Å²) in [7, 11) is 0. The van der Waals surface area contributed by atoms with Gasteiger partial charge in [0.25, 0.3) is 0 Å². The van der Waals surface area contributed by atoms with Gasteiger partial charge in [-0.3, -0.25) is 0 Å². The molecule has 0 bridgehead atoms. The molecule has 1 fully saturated rings. The van der Waals surface area contributed by atoms with Crippen molar-refractivity contribution in [1.29, 1.82) is 0 Å². The third-order valence-electron chi connectivity index (χ3n) is 3.06. The average molecular weight is 251 g/mol. The number of benzene rings is 1. The highest BCUT2D eigenvalue weighted by Gasteiger charge is 2.14. The Morgan fingerprint density at radius 1 is 1.29 bits per heavy atom. The first kappa shape index (κ1) is 12.8. The molecule has 1 aliphatic rings. The van der Waals surface area contributed by atoms with Crippen LogP contribution in [0.1, 0.15) is 24.8 Å². The fourth-order valence-electron chi connectivity index (χ4n) is 2.05. The molecule has 94 valence electrons. The molecule has 1 heterocycles. The number of nitrogen functional groups attached to an aromatic ring is 1. The molecule has 2 nitrogen and oxygen atoms in total. The molecule has 1 aliphatic heterocycles. The molecule has 0 aliphatic carbocycles. The highest BCUT2D eigenvalue weighted by atomic mass is 32.2. The molecule has 17 heavy (non-hydrogen) atoms. The van der Waals surface area contributed by atoms with E-state index < -0.39 is 0 Å². The summed E-state index contributed by atoms with van der Waals surface area (Å²) in [6, 6.07) is 8.21. The van der Waals surface area contributed by atoms with E-state index in [1.807, 2.05) is 23.9 Å². The second-order valence-corrected chi connectivity index (χ2v) is 5.70. The molecule has 0 aromatic heterocycles. The minimum atomic E-state index is 0.525. The first-order valence-electron chi connectivity index (χ1n) is 6.38. The van der Waals surface area contributed by atoms with Crippen molar-refractivity contribution in [1.82, 2.24) is 0 Å². The molecular weight excluding hydrogens is 230 g/mol. The largest absolute Gasteiger partial charge is 0.399 e. The zero-order valence-electron chi connectivity index (χ0n) is 10.2. The predicted octanol–water partition coefficient (Wildman–Crippen LogP) is 3.11. The number of aryl methyl sites for hydroxylation is 1. The number of anilines is 1. The molecule has 2 rings (SSSR count). The van der Waals surface area contributed by atoms with Gasteiger partial charge in [0, 0.05) is 18.0 Å². The van der Waals surface area contributed by atoms with Crippen LogP contribution in [-0.2, 0) is 11.2 Å². The molecule has 1 saturated heterocycles. The number of hydrogen-bond donors (Lipinski definition) is 1. The summed E-state index contributed by atoms with van der Waals surface area (Å²) < 4.78 is 5.60. The van der Waals surface area contributed by atoms with Crippen molar-refractivity contribution in [3.63, 3.8) is 0 Å². The zero-order valence-corrected chi connectivity index (χ0v) is 11.0. The van der Waals surface area contributed by atoms with Crippen molar-refractivity contribution >= 4 is 17.4 Å². The quantitative estimate of drug-likeness (QED) is 0.623. The van der Waals surface area contributed by atoms with E-state index in [4.69, 9.17) is 10.5 Å². The van der Waals surface area contributed by atoms with E-state index in [9.17, 15) is 0 Å². The van der Waals surface area contributed by atoms with Crippen LogP contribution in [-0.4, -0.2) is 24.2 Å². The van der Waals surface area contributed by atoms with E-state index >= 15 is 0 Å². The van der Waals surface area contributed by atoms with Crippen LogP contribution in [0.4, 0.5) is 5.69 Å². The summed E-state index contributed by atoms with van der Waals surface area (Å²) in [5.41, 5.74) is 7.89. The summed E-state index contributed by atoms with van der Waals surface area (Å²) >= 11 is 2.02. The normalized spacial score (nSPS) is 19.6. The van der Waals surface area contributed by atoms with Crippen LogP contribution in [0.15, 0.2) is 24.3 Å². The van der Waals surface area contributed by atoms with Gasteiger partial charge in [0.05, 0.1) is 6.10 Å². The molecule has 1 aromatic carbocycles. The van der Waals surface area contributed by atoms with Gasteiger partial charge in [-0.25, -0.2) is 0 Å². The summed E-state index contributed by atoms with van der Waals surface area (Å²) in [4.78, 5) is 0. The number of nitrogens with two attached hydrogens (primary N) is 1. The molecule has 0 saturated carbocycles. The van der Waals surface area contributed by atoms with Gasteiger partial charge in [-0.05, 0) is 49.1 Å². The van der Waals surface area contributed by atoms with Crippen molar-refractivity contribution in [2.75, 3.05) is 23.8 Å². The fraction of sp³-hybridized carbons (Fsp3) is 0.571. The Morgan fingerprint density at radius 2 is 2.12 bits per heavy atom. The van der Waals surface area contributed by atoms with Crippen LogP contribution < -0.4 is 5.73 Å². The van der Waals surface area contributed by atoms with Gasteiger partial charge in [0.1, 0.15) is 0 Å². The molecule has 0 radical (unpaired) electrons. The molecule has 1 aromatic rings. The van der Waals surface area contributed by atoms with Gasteiger partial charge in [-0.15, -0.1) is 0 Å². The minimum Gasteiger partial charge on any atom is -0.399 e. The Hall–Kier alpha value is -0.670. The van der Waals surface area contributed by atoms with E-state index in [2.05, 4.69) is 12.1 Å². The van der Waals surface area contributed by atoms with Gasteiger partial charge in [0.2, 0.25) is 0 Å². The Morgan fingerprint density at radius 3 is 2.82 bits per heavy atom. The topological polar surface area (TPSA) is 35.2 Å². The second-order valence-electron chi connectivity index (χ2n) is 4.56. The summed E-state index contributed by atoms with van der Waals surface area (Å²) in [5.74, 6) is 2.39. The Bertz CT molecular complexity index is 319. The average Bonchev–Trinajstić information content (AvgIpc) is 2.84. The van der Waals surface area contributed by atoms with Gasteiger partial charge < -0.3 is 10.5 Å². The van der Waals surface area contributed by atoms with Crippen LogP contribution in [0.3, 0.4) is 0 Å². The number of thioether (sulfide) groups is 1. The highest BCUT2D eigenvalue weighted by Crippen LogP contribution is 2.18. The van der Waals surface area contributed by atoms with E-state index in [1.165, 1.54) is 36.3 Å². The lowest BCUT2D eigenvalue weighted by Gasteiger charge is -2.08. The Balaban J connectivity index is 1.55. The minimum absolute atomic E-state index is 0.525. The van der Waals surface area contributed by atoms with Gasteiger partial charge in [-0.2, -0.15) is 11.8 Å². The van der Waals surface area contributed by atoms with E-state index in [0.717, 1.165) is 18.7 Å². The van der Waals surface area contributed by atoms with Gasteiger partial charge in [0.15, 0.2) is 0 Å². The highest BCUT2D eigenvalue weighted by molar-refractivity contribution is 7.99. The van der Waals surface area contributed by atoms with Crippen LogP contribution in [0, 0.1) is 0 Å². The fourth-order valence-corrected chi connectivity index (χ4v) is 3.09. The summed E-state index contributed by atoms with van der Waals surface area (Å²) in [6.45, 7) is 0.969. The van der Waals surface area contributed by atoms with Crippen molar-refractivity contribution < 1.29 is 4.74 Å². The lowest BCUT2D eigenvalue weighted by atomic mass is 10.1. The maximum absolute atomic E-state index is 5.65. The van der Waals surface area contributed by atoms with E-state index in [-0.39, 0.29) is 0 Å². The van der Waals surface area contributed by atoms with Crippen molar-refractivity contribution in [2.24, 2.45) is 0 Å². The Labute approximate surface area is 108 Å². The first-order valence-corrected chi connectivity index (χ1v) is 7.54. The molecule has 0 amide bonds. The van der Waals surface area contributed by atoms with Crippen LogP contribution in [0.5, 0.6) is 0 Å². The number of rotatable bonds is 6. The molecule has 3 heteroatoms. The molecule has 1 atom stereocenters. The lowest BCUT2D eigenvalue weighted by Crippen LogP contribution is -2.08. The first-order chi connectivity index (χ1) is 8.34. The van der Waals surface area contributed by atoms with Crippen molar-refractivity contribution in [3.05, 3.63) is 29.8 Å². The van der Waals surface area contributed by atoms with Crippen molar-refractivity contribution in [3.8, 4) is 0 Å². The zero-order chi connectivity index (χ0) is 11.9. The van der Waals surface area contributed by atoms with E-state index in [1.54, 1.807) is 0 Å². The Kier molecular flexibility index (Phi) is 5.20. The lowest BCUT2D eigenvalue weighted by molar-refractivity contribution is 0.129.